The highest BCUT2D eigenvalue weighted by Gasteiger charge is 2.46. The highest BCUT2D eigenvalue weighted by Crippen LogP contribution is 2.37. The Kier molecular flexibility index (Phi) is 5.44. The lowest BCUT2D eigenvalue weighted by Crippen LogP contribution is -2.59. The van der Waals surface area contributed by atoms with Crippen molar-refractivity contribution in [3.8, 4) is 0 Å². The van der Waals surface area contributed by atoms with Gasteiger partial charge in [-0.15, -0.1) is 0 Å². The normalized spacial score (nSPS) is 33.4. The first-order chi connectivity index (χ1) is 8.06. The summed E-state index contributed by atoms with van der Waals surface area (Å²) in [4.78, 5) is 12.3. The van der Waals surface area contributed by atoms with Crippen LogP contribution in [-0.4, -0.2) is 24.7 Å². The topological polar surface area (TPSA) is 38.3 Å². The van der Waals surface area contributed by atoms with Crippen molar-refractivity contribution in [1.82, 2.24) is 5.32 Å². The highest BCUT2D eigenvalue weighted by atomic mass is 16.5. The van der Waals surface area contributed by atoms with Gasteiger partial charge in [-0.1, -0.05) is 20.8 Å². The summed E-state index contributed by atoms with van der Waals surface area (Å²) < 4.78 is 5.29. The number of hydrogen-bond acceptors (Lipinski definition) is 3. The molecule has 0 aliphatic heterocycles. The van der Waals surface area contributed by atoms with Gasteiger partial charge in [0.2, 0.25) is 0 Å². The third-order valence-corrected chi connectivity index (χ3v) is 3.96. The molecule has 3 nitrogen and oxygen atoms in total. The van der Waals surface area contributed by atoms with E-state index in [9.17, 15) is 4.79 Å². The Balaban J connectivity index is 2.80. The van der Waals surface area contributed by atoms with Crippen LogP contribution < -0.4 is 5.32 Å². The molecule has 0 bridgehead atoms. The second-order valence-corrected chi connectivity index (χ2v) is 5.40. The van der Waals surface area contributed by atoms with Gasteiger partial charge >= 0.3 is 5.97 Å². The van der Waals surface area contributed by atoms with E-state index in [-0.39, 0.29) is 5.97 Å². The summed E-state index contributed by atoms with van der Waals surface area (Å²) >= 11 is 0. The van der Waals surface area contributed by atoms with Gasteiger partial charge in [0.25, 0.3) is 0 Å². The number of ether oxygens (including phenoxy) is 1. The van der Waals surface area contributed by atoms with Crippen LogP contribution in [0.2, 0.25) is 0 Å². The van der Waals surface area contributed by atoms with Crippen LogP contribution in [-0.2, 0) is 9.53 Å². The van der Waals surface area contributed by atoms with E-state index in [0.29, 0.717) is 12.5 Å². The number of esters is 1. The van der Waals surface area contributed by atoms with Crippen LogP contribution in [0.5, 0.6) is 0 Å². The molecule has 0 amide bonds. The molecule has 0 saturated heterocycles. The van der Waals surface area contributed by atoms with Crippen LogP contribution in [0, 0.1) is 11.8 Å². The molecule has 0 aromatic rings. The number of rotatable bonds is 5. The third-order valence-electron chi connectivity index (χ3n) is 3.96. The van der Waals surface area contributed by atoms with Crippen LogP contribution in [0.15, 0.2) is 0 Å². The fourth-order valence-corrected chi connectivity index (χ4v) is 2.89. The quantitative estimate of drug-likeness (QED) is 0.752. The Bertz CT molecular complexity index is 251. The molecule has 0 spiro atoms. The van der Waals surface area contributed by atoms with Gasteiger partial charge in [-0.05, 0) is 51.0 Å². The maximum atomic E-state index is 12.3. The predicted octanol–water partition coefficient (Wildman–Crippen LogP) is 2.74. The van der Waals surface area contributed by atoms with Crippen molar-refractivity contribution in [1.29, 1.82) is 0 Å². The van der Waals surface area contributed by atoms with Crippen LogP contribution in [0.4, 0.5) is 0 Å². The summed E-state index contributed by atoms with van der Waals surface area (Å²) in [6.45, 7) is 9.80. The molecular formula is C14H27NO2. The molecule has 0 radical (unpaired) electrons. The molecule has 1 fully saturated rings. The Morgan fingerprint density at radius 2 is 2.12 bits per heavy atom. The first-order valence-corrected chi connectivity index (χ1v) is 6.99. The summed E-state index contributed by atoms with van der Waals surface area (Å²) in [7, 11) is 0. The third kappa shape index (κ3) is 3.21. The molecule has 17 heavy (non-hydrogen) atoms. The molecule has 3 unspecified atom stereocenters. The van der Waals surface area contributed by atoms with Gasteiger partial charge in [0.05, 0.1) is 6.61 Å². The van der Waals surface area contributed by atoms with Crippen LogP contribution in [0.25, 0.3) is 0 Å². The standard InChI is InChI=1S/C14H27NO2/c1-5-9-15-14(13(16)17-6-2)8-7-11(3)10-12(14)4/h11-12,15H,5-10H2,1-4H3. The summed E-state index contributed by atoms with van der Waals surface area (Å²) in [5, 5.41) is 3.47. The Morgan fingerprint density at radius 3 is 2.65 bits per heavy atom. The second kappa shape index (κ2) is 6.39. The molecule has 1 rings (SSSR count). The van der Waals surface area contributed by atoms with E-state index in [4.69, 9.17) is 4.74 Å². The molecule has 0 heterocycles. The van der Waals surface area contributed by atoms with Gasteiger partial charge in [-0.3, -0.25) is 4.79 Å². The van der Waals surface area contributed by atoms with E-state index in [1.54, 1.807) is 0 Å². The number of carbonyl (C=O) groups excluding carboxylic acids is 1. The number of carbonyl (C=O) groups is 1. The fraction of sp³-hybridized carbons (Fsp3) is 0.929. The van der Waals surface area contributed by atoms with Gasteiger partial charge in [0, 0.05) is 0 Å². The Hall–Kier alpha value is -0.570. The first kappa shape index (κ1) is 14.5. The molecule has 1 saturated carbocycles. The molecule has 3 atom stereocenters. The minimum Gasteiger partial charge on any atom is -0.465 e. The highest BCUT2D eigenvalue weighted by molar-refractivity contribution is 5.81. The molecule has 1 aliphatic carbocycles. The summed E-state index contributed by atoms with van der Waals surface area (Å²) in [6.07, 6.45) is 4.17. The van der Waals surface area contributed by atoms with Gasteiger partial charge in [-0.25, -0.2) is 0 Å². The molecular weight excluding hydrogens is 214 g/mol. The second-order valence-electron chi connectivity index (χ2n) is 5.40. The zero-order chi connectivity index (χ0) is 12.9. The average Bonchev–Trinajstić information content (AvgIpc) is 2.29. The van der Waals surface area contributed by atoms with E-state index in [1.807, 2.05) is 6.92 Å². The lowest BCUT2D eigenvalue weighted by molar-refractivity contribution is -0.156. The van der Waals surface area contributed by atoms with Crippen LogP contribution in [0.3, 0.4) is 0 Å². The summed E-state index contributed by atoms with van der Waals surface area (Å²) in [5.74, 6) is 1.03. The molecule has 1 aliphatic rings. The average molecular weight is 241 g/mol. The zero-order valence-corrected chi connectivity index (χ0v) is 11.7. The monoisotopic (exact) mass is 241 g/mol. The maximum Gasteiger partial charge on any atom is 0.326 e. The van der Waals surface area contributed by atoms with Crippen LogP contribution >= 0.6 is 0 Å². The van der Waals surface area contributed by atoms with E-state index in [1.165, 1.54) is 0 Å². The zero-order valence-electron chi connectivity index (χ0n) is 11.7. The van der Waals surface area contributed by atoms with Crippen LogP contribution in [0.1, 0.15) is 53.4 Å². The van der Waals surface area contributed by atoms with Gasteiger partial charge in [-0.2, -0.15) is 0 Å². The van der Waals surface area contributed by atoms with Gasteiger partial charge in [0.15, 0.2) is 0 Å². The van der Waals surface area contributed by atoms with E-state index >= 15 is 0 Å². The predicted molar refractivity (Wildman–Crippen MR) is 69.8 cm³/mol. The first-order valence-electron chi connectivity index (χ1n) is 6.99. The van der Waals surface area contributed by atoms with E-state index < -0.39 is 5.54 Å². The lowest BCUT2D eigenvalue weighted by Gasteiger charge is -2.43. The lowest BCUT2D eigenvalue weighted by atomic mass is 9.70. The van der Waals surface area contributed by atoms with Crippen molar-refractivity contribution in [3.63, 3.8) is 0 Å². The minimum atomic E-state index is -0.432. The minimum absolute atomic E-state index is 0.0483. The maximum absolute atomic E-state index is 12.3. The number of nitrogens with one attached hydrogen (secondary N) is 1. The summed E-state index contributed by atoms with van der Waals surface area (Å²) in [5.41, 5.74) is -0.432. The largest absolute Gasteiger partial charge is 0.465 e. The smallest absolute Gasteiger partial charge is 0.326 e. The van der Waals surface area contributed by atoms with Crippen molar-refractivity contribution in [2.24, 2.45) is 11.8 Å². The van der Waals surface area contributed by atoms with E-state index in [0.717, 1.165) is 38.1 Å². The Morgan fingerprint density at radius 1 is 1.41 bits per heavy atom. The Labute approximate surface area is 105 Å². The van der Waals surface area contributed by atoms with Crippen molar-refractivity contribution in [3.05, 3.63) is 0 Å². The molecule has 3 heteroatoms. The molecule has 100 valence electrons. The SMILES string of the molecule is CCCNC1(C(=O)OCC)CCC(C)CC1C. The summed E-state index contributed by atoms with van der Waals surface area (Å²) in [6, 6.07) is 0. The van der Waals surface area contributed by atoms with Crippen molar-refractivity contribution in [2.75, 3.05) is 13.2 Å². The van der Waals surface area contributed by atoms with Crippen molar-refractivity contribution >= 4 is 5.97 Å². The van der Waals surface area contributed by atoms with Crippen molar-refractivity contribution < 1.29 is 9.53 Å². The molecule has 0 aromatic carbocycles. The van der Waals surface area contributed by atoms with Gasteiger partial charge in [0.1, 0.15) is 5.54 Å². The van der Waals surface area contributed by atoms with Crippen molar-refractivity contribution in [2.45, 2.75) is 58.9 Å². The molecule has 1 N–H and O–H groups in total. The fourth-order valence-electron chi connectivity index (χ4n) is 2.89. The molecule has 0 aromatic heterocycles. The van der Waals surface area contributed by atoms with E-state index in [2.05, 4.69) is 26.1 Å². The van der Waals surface area contributed by atoms with Gasteiger partial charge < -0.3 is 10.1 Å². The number of hydrogen-bond donors (Lipinski definition) is 1.